The van der Waals surface area contributed by atoms with E-state index >= 15 is 0 Å². The summed E-state index contributed by atoms with van der Waals surface area (Å²) in [7, 11) is 1.95. The Bertz CT molecular complexity index is 625. The van der Waals surface area contributed by atoms with Crippen molar-refractivity contribution >= 4 is 5.91 Å². The number of amides is 1. The molecule has 1 amide bonds. The number of hydrogen-bond acceptors (Lipinski definition) is 5. The summed E-state index contributed by atoms with van der Waals surface area (Å²) in [6.07, 6.45) is 2.51. The second-order valence-corrected chi connectivity index (χ2v) is 5.61. The summed E-state index contributed by atoms with van der Waals surface area (Å²) in [4.78, 5) is 20.2. The summed E-state index contributed by atoms with van der Waals surface area (Å²) in [5, 5.41) is 9.94. The Kier molecular flexibility index (Phi) is 4.22. The molecule has 1 saturated heterocycles. The quantitative estimate of drug-likeness (QED) is 0.899. The van der Waals surface area contributed by atoms with Gasteiger partial charge in [-0.05, 0) is 19.2 Å². The molecule has 0 saturated carbocycles. The van der Waals surface area contributed by atoms with E-state index in [1.165, 1.54) is 6.39 Å². The van der Waals surface area contributed by atoms with Gasteiger partial charge in [-0.25, -0.2) is 4.98 Å². The Morgan fingerprint density at radius 2 is 2.05 bits per heavy atom. The van der Waals surface area contributed by atoms with Crippen molar-refractivity contribution in [3.63, 3.8) is 0 Å². The summed E-state index contributed by atoms with van der Waals surface area (Å²) in [6.45, 7) is 2.34. The number of β-amino-alcohol motifs (C(OH)–C–C–N with tert-alkyl or cyclic N) is 1. The number of rotatable bonds is 2. The topological polar surface area (TPSA) is 69.8 Å². The van der Waals surface area contributed by atoms with Crippen LogP contribution in [-0.4, -0.2) is 65.1 Å². The first-order chi connectivity index (χ1) is 10.6. The van der Waals surface area contributed by atoms with Gasteiger partial charge in [-0.1, -0.05) is 12.1 Å². The van der Waals surface area contributed by atoms with Gasteiger partial charge in [0.2, 0.25) is 0 Å². The normalized spacial score (nSPS) is 19.9. The summed E-state index contributed by atoms with van der Waals surface area (Å²) in [6, 6.07) is 7.24. The first kappa shape index (κ1) is 14.7. The smallest absolute Gasteiger partial charge is 0.253 e. The van der Waals surface area contributed by atoms with Crippen molar-refractivity contribution in [1.82, 2.24) is 14.8 Å². The van der Waals surface area contributed by atoms with Crippen molar-refractivity contribution in [2.24, 2.45) is 0 Å². The zero-order valence-electron chi connectivity index (χ0n) is 12.5. The molecule has 1 atom stereocenters. The molecule has 1 aromatic carbocycles. The molecule has 116 valence electrons. The van der Waals surface area contributed by atoms with Gasteiger partial charge in [-0.2, -0.15) is 0 Å². The number of aliphatic hydroxyl groups excluding tert-OH is 1. The second kappa shape index (κ2) is 6.29. The third-order valence-corrected chi connectivity index (χ3v) is 3.84. The summed E-state index contributed by atoms with van der Waals surface area (Å²) in [5.74, 6) is 0.615. The maximum Gasteiger partial charge on any atom is 0.253 e. The predicted molar refractivity (Wildman–Crippen MR) is 81.3 cm³/mol. The fourth-order valence-electron chi connectivity index (χ4n) is 2.65. The number of nitrogens with zero attached hydrogens (tertiary/aromatic N) is 3. The van der Waals surface area contributed by atoms with E-state index < -0.39 is 6.10 Å². The van der Waals surface area contributed by atoms with E-state index in [1.807, 2.05) is 24.1 Å². The molecule has 6 heteroatoms. The molecule has 2 heterocycles. The number of carbonyl (C=O) groups is 1. The Labute approximate surface area is 129 Å². The zero-order valence-corrected chi connectivity index (χ0v) is 12.5. The van der Waals surface area contributed by atoms with Crippen molar-refractivity contribution in [3.8, 4) is 11.3 Å². The van der Waals surface area contributed by atoms with E-state index in [2.05, 4.69) is 4.98 Å². The Morgan fingerprint density at radius 1 is 1.27 bits per heavy atom. The minimum atomic E-state index is -0.509. The first-order valence-corrected chi connectivity index (χ1v) is 7.28. The summed E-state index contributed by atoms with van der Waals surface area (Å²) < 4.78 is 5.23. The van der Waals surface area contributed by atoms with Crippen LogP contribution in [0, 0.1) is 0 Å². The van der Waals surface area contributed by atoms with Gasteiger partial charge < -0.3 is 19.3 Å². The van der Waals surface area contributed by atoms with Crippen LogP contribution in [0.2, 0.25) is 0 Å². The van der Waals surface area contributed by atoms with Gasteiger partial charge in [0.15, 0.2) is 12.2 Å². The van der Waals surface area contributed by atoms with Crippen molar-refractivity contribution in [2.45, 2.75) is 6.10 Å². The molecule has 22 heavy (non-hydrogen) atoms. The highest BCUT2D eigenvalue weighted by Crippen LogP contribution is 2.19. The Hall–Kier alpha value is -2.18. The molecule has 3 rings (SSSR count). The van der Waals surface area contributed by atoms with Gasteiger partial charge in [0.25, 0.3) is 5.91 Å². The standard InChI is InChI=1S/C16H19N3O3/c1-18-6-7-19(10-14(20)9-18)16(21)13-4-2-12(3-5-13)15-8-17-11-22-15/h2-5,8,11,14,20H,6-7,9-10H2,1H3/t14-/m0/s1. The van der Waals surface area contributed by atoms with Crippen molar-refractivity contribution in [2.75, 3.05) is 33.2 Å². The minimum Gasteiger partial charge on any atom is -0.444 e. The van der Waals surface area contributed by atoms with E-state index in [9.17, 15) is 9.90 Å². The number of carbonyl (C=O) groups excluding carboxylic acids is 1. The molecule has 1 aliphatic heterocycles. The van der Waals surface area contributed by atoms with E-state index in [0.717, 1.165) is 12.1 Å². The largest absolute Gasteiger partial charge is 0.444 e. The Balaban J connectivity index is 1.74. The molecule has 1 fully saturated rings. The molecule has 2 aromatic rings. The van der Waals surface area contributed by atoms with E-state index in [-0.39, 0.29) is 5.91 Å². The molecule has 0 spiro atoms. The highest BCUT2D eigenvalue weighted by molar-refractivity contribution is 5.94. The van der Waals surface area contributed by atoms with Crippen LogP contribution in [0.25, 0.3) is 11.3 Å². The maximum atomic E-state index is 12.6. The number of hydrogen-bond donors (Lipinski definition) is 1. The minimum absolute atomic E-state index is 0.0570. The van der Waals surface area contributed by atoms with Crippen molar-refractivity contribution in [1.29, 1.82) is 0 Å². The molecule has 0 aliphatic carbocycles. The monoisotopic (exact) mass is 301 g/mol. The van der Waals surface area contributed by atoms with Gasteiger partial charge in [-0.3, -0.25) is 4.79 Å². The lowest BCUT2D eigenvalue weighted by molar-refractivity contribution is 0.0667. The van der Waals surface area contributed by atoms with Gasteiger partial charge in [0.05, 0.1) is 12.3 Å². The lowest BCUT2D eigenvalue weighted by Crippen LogP contribution is -2.37. The van der Waals surface area contributed by atoms with Crippen LogP contribution < -0.4 is 0 Å². The van der Waals surface area contributed by atoms with E-state index in [1.54, 1.807) is 23.2 Å². The number of likely N-dealkylation sites (N-methyl/N-ethyl adjacent to an activating group) is 1. The number of oxazole rings is 1. The van der Waals surface area contributed by atoms with Crippen LogP contribution in [0.3, 0.4) is 0 Å². The van der Waals surface area contributed by atoms with E-state index in [4.69, 9.17) is 4.42 Å². The molecule has 1 aliphatic rings. The van der Waals surface area contributed by atoms with Crippen LogP contribution in [0.1, 0.15) is 10.4 Å². The molecule has 1 N–H and O–H groups in total. The Morgan fingerprint density at radius 3 is 2.73 bits per heavy atom. The molecule has 6 nitrogen and oxygen atoms in total. The number of aromatic nitrogens is 1. The molecular weight excluding hydrogens is 282 g/mol. The summed E-state index contributed by atoms with van der Waals surface area (Å²) >= 11 is 0. The van der Waals surface area contributed by atoms with Crippen LogP contribution in [0.15, 0.2) is 41.3 Å². The molecule has 0 radical (unpaired) electrons. The zero-order chi connectivity index (χ0) is 15.5. The lowest BCUT2D eigenvalue weighted by atomic mass is 10.1. The van der Waals surface area contributed by atoms with Crippen LogP contribution in [0.4, 0.5) is 0 Å². The second-order valence-electron chi connectivity index (χ2n) is 5.61. The van der Waals surface area contributed by atoms with Crippen LogP contribution >= 0.6 is 0 Å². The molecule has 0 unspecified atom stereocenters. The summed E-state index contributed by atoms with van der Waals surface area (Å²) in [5.41, 5.74) is 1.49. The molecule has 1 aromatic heterocycles. The fourth-order valence-corrected chi connectivity index (χ4v) is 2.65. The molecular formula is C16H19N3O3. The van der Waals surface area contributed by atoms with Gasteiger partial charge in [-0.15, -0.1) is 0 Å². The van der Waals surface area contributed by atoms with E-state index in [0.29, 0.717) is 31.0 Å². The molecule has 0 bridgehead atoms. The van der Waals surface area contributed by atoms with Gasteiger partial charge in [0, 0.05) is 37.3 Å². The fraction of sp³-hybridized carbons (Fsp3) is 0.375. The predicted octanol–water partition coefficient (Wildman–Crippen LogP) is 1.09. The highest BCUT2D eigenvalue weighted by atomic mass is 16.3. The first-order valence-electron chi connectivity index (χ1n) is 7.28. The van der Waals surface area contributed by atoms with Gasteiger partial charge >= 0.3 is 0 Å². The van der Waals surface area contributed by atoms with Crippen LogP contribution in [-0.2, 0) is 0 Å². The van der Waals surface area contributed by atoms with Crippen molar-refractivity contribution < 1.29 is 14.3 Å². The lowest BCUT2D eigenvalue weighted by Gasteiger charge is -2.21. The third-order valence-electron chi connectivity index (χ3n) is 3.84. The number of benzene rings is 1. The van der Waals surface area contributed by atoms with Gasteiger partial charge in [0.1, 0.15) is 0 Å². The maximum absolute atomic E-state index is 12.6. The highest BCUT2D eigenvalue weighted by Gasteiger charge is 2.23. The van der Waals surface area contributed by atoms with Crippen molar-refractivity contribution in [3.05, 3.63) is 42.4 Å². The van der Waals surface area contributed by atoms with Crippen LogP contribution in [0.5, 0.6) is 0 Å². The average molecular weight is 301 g/mol. The SMILES string of the molecule is CN1CCN(C(=O)c2ccc(-c3cnco3)cc2)C[C@@H](O)C1. The average Bonchev–Trinajstić information content (AvgIpc) is 2.99. The number of aliphatic hydroxyl groups is 1. The third kappa shape index (κ3) is 3.18.